The molecule has 0 N–H and O–H groups in total. The number of esters is 1. The van der Waals surface area contributed by atoms with E-state index in [2.05, 4.69) is 6.07 Å². The van der Waals surface area contributed by atoms with Crippen LogP contribution in [0.3, 0.4) is 0 Å². The van der Waals surface area contributed by atoms with Crippen molar-refractivity contribution in [2.45, 2.75) is 20.3 Å². The van der Waals surface area contributed by atoms with Gasteiger partial charge in [0.1, 0.15) is 5.76 Å². The standard InChI is InChI=1S/C13H13NO2/c1-10(16-11(2)15)13(8-9-14)12-6-4-3-5-7-12/h3-7H,8H2,1-2H3/b13-10+. The van der Waals surface area contributed by atoms with Crippen molar-refractivity contribution in [2.75, 3.05) is 0 Å². The fourth-order valence-electron chi connectivity index (χ4n) is 1.43. The minimum Gasteiger partial charge on any atom is -0.431 e. The molecule has 0 atom stereocenters. The first-order chi connectivity index (χ1) is 7.65. The maximum atomic E-state index is 10.9. The Labute approximate surface area is 95.0 Å². The predicted octanol–water partition coefficient (Wildman–Crippen LogP) is 2.89. The molecule has 0 fully saturated rings. The second kappa shape index (κ2) is 5.72. The molecule has 0 heterocycles. The third-order valence-corrected chi connectivity index (χ3v) is 2.10. The number of carbonyl (C=O) groups excluding carboxylic acids is 1. The van der Waals surface area contributed by atoms with Crippen LogP contribution in [0.1, 0.15) is 25.8 Å². The lowest BCUT2D eigenvalue weighted by Crippen LogP contribution is -1.99. The van der Waals surface area contributed by atoms with Crippen molar-refractivity contribution >= 4 is 11.5 Å². The van der Waals surface area contributed by atoms with E-state index in [1.807, 2.05) is 30.3 Å². The Bertz CT molecular complexity index is 441. The zero-order valence-electron chi connectivity index (χ0n) is 9.36. The number of nitriles is 1. The van der Waals surface area contributed by atoms with Gasteiger partial charge in [-0.1, -0.05) is 30.3 Å². The Kier molecular flexibility index (Phi) is 4.28. The monoisotopic (exact) mass is 215 g/mol. The summed E-state index contributed by atoms with van der Waals surface area (Å²) >= 11 is 0. The minimum absolute atomic E-state index is 0.225. The van der Waals surface area contributed by atoms with Crippen molar-refractivity contribution < 1.29 is 9.53 Å². The summed E-state index contributed by atoms with van der Waals surface area (Å²) in [6.07, 6.45) is 0.225. The number of ether oxygens (including phenoxy) is 1. The maximum absolute atomic E-state index is 10.9. The number of nitrogens with zero attached hydrogens (tertiary/aromatic N) is 1. The minimum atomic E-state index is -0.371. The summed E-state index contributed by atoms with van der Waals surface area (Å²) in [4.78, 5) is 10.9. The molecule has 0 amide bonds. The lowest BCUT2D eigenvalue weighted by Gasteiger charge is -2.08. The van der Waals surface area contributed by atoms with E-state index < -0.39 is 0 Å². The summed E-state index contributed by atoms with van der Waals surface area (Å²) in [5.41, 5.74) is 1.65. The Morgan fingerprint density at radius 1 is 1.31 bits per heavy atom. The van der Waals surface area contributed by atoms with E-state index in [1.54, 1.807) is 6.92 Å². The number of benzene rings is 1. The Morgan fingerprint density at radius 3 is 2.44 bits per heavy atom. The summed E-state index contributed by atoms with van der Waals surface area (Å²) in [7, 11) is 0. The number of hydrogen-bond acceptors (Lipinski definition) is 3. The van der Waals surface area contributed by atoms with E-state index in [-0.39, 0.29) is 12.4 Å². The van der Waals surface area contributed by atoms with Gasteiger partial charge in [-0.05, 0) is 12.5 Å². The molecule has 0 spiro atoms. The maximum Gasteiger partial charge on any atom is 0.307 e. The van der Waals surface area contributed by atoms with E-state index in [4.69, 9.17) is 10.00 Å². The molecule has 0 saturated heterocycles. The molecular formula is C13H13NO2. The van der Waals surface area contributed by atoms with Crippen LogP contribution >= 0.6 is 0 Å². The first-order valence-electron chi connectivity index (χ1n) is 4.95. The van der Waals surface area contributed by atoms with Gasteiger partial charge < -0.3 is 4.74 Å². The zero-order valence-corrected chi connectivity index (χ0v) is 9.36. The molecule has 0 aromatic heterocycles. The Morgan fingerprint density at radius 2 is 1.94 bits per heavy atom. The fourth-order valence-corrected chi connectivity index (χ4v) is 1.43. The highest BCUT2D eigenvalue weighted by Crippen LogP contribution is 2.22. The van der Waals surface area contributed by atoms with Crippen molar-refractivity contribution in [3.63, 3.8) is 0 Å². The topological polar surface area (TPSA) is 50.1 Å². The molecule has 82 valence electrons. The average Bonchev–Trinajstić information content (AvgIpc) is 2.26. The average molecular weight is 215 g/mol. The molecule has 0 saturated carbocycles. The van der Waals surface area contributed by atoms with Gasteiger partial charge in [-0.25, -0.2) is 0 Å². The van der Waals surface area contributed by atoms with Gasteiger partial charge in [-0.15, -0.1) is 0 Å². The van der Waals surface area contributed by atoms with Crippen LogP contribution < -0.4 is 0 Å². The predicted molar refractivity (Wildman–Crippen MR) is 61.0 cm³/mol. The molecule has 0 unspecified atom stereocenters. The van der Waals surface area contributed by atoms with Crippen LogP contribution in [0.4, 0.5) is 0 Å². The van der Waals surface area contributed by atoms with Crippen molar-refractivity contribution in [1.29, 1.82) is 5.26 Å². The van der Waals surface area contributed by atoms with E-state index in [0.717, 1.165) is 11.1 Å². The molecule has 0 aliphatic carbocycles. The third kappa shape index (κ3) is 3.25. The number of rotatable bonds is 3. The highest BCUT2D eigenvalue weighted by atomic mass is 16.5. The fraction of sp³-hybridized carbons (Fsp3) is 0.231. The van der Waals surface area contributed by atoms with Crippen LogP contribution in [0.5, 0.6) is 0 Å². The van der Waals surface area contributed by atoms with Crippen LogP contribution in [-0.4, -0.2) is 5.97 Å². The molecule has 1 rings (SSSR count). The molecule has 0 aliphatic heterocycles. The molecule has 0 bridgehead atoms. The van der Waals surface area contributed by atoms with E-state index in [9.17, 15) is 4.79 Å². The van der Waals surface area contributed by atoms with Crippen molar-refractivity contribution in [1.82, 2.24) is 0 Å². The van der Waals surface area contributed by atoms with Crippen LogP contribution in [0, 0.1) is 11.3 Å². The first-order valence-corrected chi connectivity index (χ1v) is 4.95. The lowest BCUT2D eigenvalue weighted by molar-refractivity contribution is -0.136. The highest BCUT2D eigenvalue weighted by Gasteiger charge is 2.08. The lowest BCUT2D eigenvalue weighted by atomic mass is 10.0. The number of carbonyl (C=O) groups is 1. The SMILES string of the molecule is CC(=O)O/C(C)=C(\CC#N)c1ccccc1. The molecule has 16 heavy (non-hydrogen) atoms. The molecule has 0 aliphatic rings. The van der Waals surface area contributed by atoms with Gasteiger partial charge in [0.05, 0.1) is 12.5 Å². The Hall–Kier alpha value is -2.08. The third-order valence-electron chi connectivity index (χ3n) is 2.10. The highest BCUT2D eigenvalue weighted by molar-refractivity contribution is 5.73. The smallest absolute Gasteiger partial charge is 0.307 e. The largest absolute Gasteiger partial charge is 0.431 e. The summed E-state index contributed by atoms with van der Waals surface area (Å²) in [6.45, 7) is 3.04. The van der Waals surface area contributed by atoms with Crippen molar-refractivity contribution in [2.24, 2.45) is 0 Å². The molecule has 1 aromatic carbocycles. The van der Waals surface area contributed by atoms with Crippen molar-refractivity contribution in [3.8, 4) is 6.07 Å². The van der Waals surface area contributed by atoms with Crippen molar-refractivity contribution in [3.05, 3.63) is 41.7 Å². The summed E-state index contributed by atoms with van der Waals surface area (Å²) in [5.74, 6) is 0.115. The van der Waals surface area contributed by atoms with Gasteiger partial charge in [0.25, 0.3) is 0 Å². The molecule has 3 heteroatoms. The number of allylic oxidation sites excluding steroid dienone is 2. The second-order valence-corrected chi connectivity index (χ2v) is 3.33. The van der Waals surface area contributed by atoms with E-state index in [0.29, 0.717) is 5.76 Å². The van der Waals surface area contributed by atoms with Gasteiger partial charge in [-0.3, -0.25) is 4.79 Å². The normalized spacial score (nSPS) is 11.3. The first kappa shape index (κ1) is 12.0. The van der Waals surface area contributed by atoms with Gasteiger partial charge in [0.2, 0.25) is 0 Å². The van der Waals surface area contributed by atoms with E-state index in [1.165, 1.54) is 6.92 Å². The molecule has 0 radical (unpaired) electrons. The van der Waals surface area contributed by atoms with Gasteiger partial charge in [-0.2, -0.15) is 5.26 Å². The molecular weight excluding hydrogens is 202 g/mol. The zero-order chi connectivity index (χ0) is 12.0. The van der Waals surface area contributed by atoms with Gasteiger partial charge in [0.15, 0.2) is 0 Å². The summed E-state index contributed by atoms with van der Waals surface area (Å²) in [5, 5.41) is 8.76. The van der Waals surface area contributed by atoms with Crippen LogP contribution in [-0.2, 0) is 9.53 Å². The number of hydrogen-bond donors (Lipinski definition) is 0. The van der Waals surface area contributed by atoms with E-state index >= 15 is 0 Å². The van der Waals surface area contributed by atoms with Crippen LogP contribution in [0.25, 0.3) is 5.57 Å². The molecule has 3 nitrogen and oxygen atoms in total. The summed E-state index contributed by atoms with van der Waals surface area (Å²) in [6, 6.07) is 11.5. The van der Waals surface area contributed by atoms with Gasteiger partial charge in [0, 0.05) is 12.5 Å². The quantitative estimate of drug-likeness (QED) is 0.575. The second-order valence-electron chi connectivity index (χ2n) is 3.33. The summed E-state index contributed by atoms with van der Waals surface area (Å²) < 4.78 is 5.01. The van der Waals surface area contributed by atoms with Gasteiger partial charge >= 0.3 is 5.97 Å². The molecule has 1 aromatic rings. The van der Waals surface area contributed by atoms with Crippen LogP contribution in [0.2, 0.25) is 0 Å². The van der Waals surface area contributed by atoms with Crippen LogP contribution in [0.15, 0.2) is 36.1 Å². The Balaban J connectivity index is 3.09.